The van der Waals surface area contributed by atoms with Crippen LogP contribution in [-0.2, 0) is 11.5 Å². The van der Waals surface area contributed by atoms with Gasteiger partial charge >= 0.3 is 6.18 Å². The normalized spacial score (nSPS) is 13.6. The fourth-order valence-corrected chi connectivity index (χ4v) is 5.06. The van der Waals surface area contributed by atoms with Crippen molar-refractivity contribution < 1.29 is 22.8 Å². The first kappa shape index (κ1) is 28.4. The van der Waals surface area contributed by atoms with Crippen molar-refractivity contribution in [1.29, 1.82) is 0 Å². The second-order valence-electron chi connectivity index (χ2n) is 9.71. The van der Waals surface area contributed by atoms with Crippen LogP contribution in [0.4, 0.5) is 30.4 Å². The third-order valence-corrected chi connectivity index (χ3v) is 7.48. The minimum Gasteiger partial charge on any atom is -0.372 e. The van der Waals surface area contributed by atoms with E-state index in [4.69, 9.17) is 0 Å². The SMILES string of the molecule is O=C(Nc1ccc(N2CCCCC2)cc1C(=O)Nc1ccn(-c2cccc(C(F)(F)F)c2)n1)c1cccc(CBr)c1. The van der Waals surface area contributed by atoms with E-state index in [0.717, 1.165) is 55.7 Å². The largest absolute Gasteiger partial charge is 0.416 e. The summed E-state index contributed by atoms with van der Waals surface area (Å²) in [5, 5.41) is 10.4. The van der Waals surface area contributed by atoms with Crippen LogP contribution in [0.1, 0.15) is 51.1 Å². The lowest BCUT2D eigenvalue weighted by molar-refractivity contribution is -0.137. The summed E-state index contributed by atoms with van der Waals surface area (Å²) in [6.45, 7) is 1.74. The van der Waals surface area contributed by atoms with E-state index in [2.05, 4.69) is 36.6 Å². The van der Waals surface area contributed by atoms with Crippen LogP contribution in [0.15, 0.2) is 79.0 Å². The van der Waals surface area contributed by atoms with Crippen molar-refractivity contribution in [1.82, 2.24) is 9.78 Å². The molecule has 2 amide bonds. The molecule has 1 aromatic heterocycles. The summed E-state index contributed by atoms with van der Waals surface area (Å²) >= 11 is 3.40. The van der Waals surface area contributed by atoms with Crippen molar-refractivity contribution in [2.75, 3.05) is 28.6 Å². The van der Waals surface area contributed by atoms with Gasteiger partial charge in [0.15, 0.2) is 5.82 Å². The number of nitrogens with one attached hydrogen (secondary N) is 2. The molecule has 0 atom stereocenters. The van der Waals surface area contributed by atoms with Crippen LogP contribution in [0.2, 0.25) is 0 Å². The molecule has 0 radical (unpaired) electrons. The van der Waals surface area contributed by atoms with Gasteiger partial charge in [-0.25, -0.2) is 4.68 Å². The van der Waals surface area contributed by atoms with Gasteiger partial charge in [-0.2, -0.15) is 18.3 Å². The third-order valence-electron chi connectivity index (χ3n) is 6.83. The predicted molar refractivity (Wildman–Crippen MR) is 156 cm³/mol. The Morgan fingerprint density at radius 2 is 1.63 bits per heavy atom. The molecule has 1 fully saturated rings. The fraction of sp³-hybridized carbons (Fsp3) is 0.233. The molecule has 0 saturated carbocycles. The van der Waals surface area contributed by atoms with Gasteiger partial charge in [-0.1, -0.05) is 34.1 Å². The Bertz CT molecular complexity index is 1560. The number of aromatic nitrogens is 2. The molecule has 1 aliphatic rings. The van der Waals surface area contributed by atoms with Crippen LogP contribution in [0, 0.1) is 0 Å². The molecular formula is C30H27BrF3N5O2. The molecule has 2 N–H and O–H groups in total. The number of anilines is 3. The van der Waals surface area contributed by atoms with E-state index in [1.54, 1.807) is 30.3 Å². The number of carbonyl (C=O) groups is 2. The molecule has 11 heteroatoms. The molecule has 212 valence electrons. The maximum absolute atomic E-state index is 13.5. The zero-order valence-corrected chi connectivity index (χ0v) is 23.5. The first-order chi connectivity index (χ1) is 19.7. The van der Waals surface area contributed by atoms with E-state index < -0.39 is 17.6 Å². The zero-order chi connectivity index (χ0) is 29.0. The van der Waals surface area contributed by atoms with E-state index in [9.17, 15) is 22.8 Å². The van der Waals surface area contributed by atoms with E-state index in [1.807, 2.05) is 12.1 Å². The van der Waals surface area contributed by atoms with Crippen molar-refractivity contribution in [3.63, 3.8) is 0 Å². The Balaban J connectivity index is 1.41. The Labute approximate surface area is 243 Å². The molecule has 5 rings (SSSR count). The van der Waals surface area contributed by atoms with Gasteiger partial charge in [-0.15, -0.1) is 0 Å². The van der Waals surface area contributed by atoms with Gasteiger partial charge in [0.05, 0.1) is 22.5 Å². The summed E-state index contributed by atoms with van der Waals surface area (Å²) in [5.74, 6) is -0.720. The number of benzene rings is 3. The summed E-state index contributed by atoms with van der Waals surface area (Å²) in [7, 11) is 0. The van der Waals surface area contributed by atoms with Gasteiger partial charge in [0, 0.05) is 41.9 Å². The number of hydrogen-bond donors (Lipinski definition) is 2. The highest BCUT2D eigenvalue weighted by atomic mass is 79.9. The number of nitrogens with zero attached hydrogens (tertiary/aromatic N) is 3. The predicted octanol–water partition coefficient (Wildman–Crippen LogP) is 7.28. The molecule has 0 aliphatic carbocycles. The number of alkyl halides is 4. The molecule has 0 bridgehead atoms. The monoisotopic (exact) mass is 625 g/mol. The number of amides is 2. The number of carbonyl (C=O) groups excluding carboxylic acids is 2. The number of rotatable bonds is 7. The van der Waals surface area contributed by atoms with Gasteiger partial charge < -0.3 is 15.5 Å². The van der Waals surface area contributed by atoms with E-state index >= 15 is 0 Å². The molecule has 1 aliphatic heterocycles. The van der Waals surface area contributed by atoms with E-state index in [1.165, 1.54) is 29.1 Å². The Morgan fingerprint density at radius 1 is 0.854 bits per heavy atom. The van der Waals surface area contributed by atoms with Gasteiger partial charge in [-0.3, -0.25) is 9.59 Å². The molecule has 1 saturated heterocycles. The second kappa shape index (κ2) is 12.2. The number of hydrogen-bond acceptors (Lipinski definition) is 4. The van der Waals surface area contributed by atoms with Crippen LogP contribution < -0.4 is 15.5 Å². The lowest BCUT2D eigenvalue weighted by atomic mass is 10.1. The molecule has 0 spiro atoms. The van der Waals surface area contributed by atoms with Crippen molar-refractivity contribution in [3.8, 4) is 5.69 Å². The Kier molecular flexibility index (Phi) is 8.44. The average molecular weight is 626 g/mol. The van der Waals surface area contributed by atoms with Crippen molar-refractivity contribution >= 4 is 44.9 Å². The molecular weight excluding hydrogens is 599 g/mol. The molecule has 4 aromatic rings. The molecule has 0 unspecified atom stereocenters. The van der Waals surface area contributed by atoms with Crippen LogP contribution in [-0.4, -0.2) is 34.7 Å². The molecule has 3 aromatic carbocycles. The third kappa shape index (κ3) is 6.79. The maximum Gasteiger partial charge on any atom is 0.416 e. The fourth-order valence-electron chi connectivity index (χ4n) is 4.71. The highest BCUT2D eigenvalue weighted by Crippen LogP contribution is 2.31. The number of halogens is 4. The first-order valence-corrected chi connectivity index (χ1v) is 14.2. The van der Waals surface area contributed by atoms with Crippen LogP contribution in [0.5, 0.6) is 0 Å². The lowest BCUT2D eigenvalue weighted by Gasteiger charge is -2.29. The van der Waals surface area contributed by atoms with E-state index in [0.29, 0.717) is 16.6 Å². The summed E-state index contributed by atoms with van der Waals surface area (Å²) in [5.41, 5.74) is 2.23. The Morgan fingerprint density at radius 3 is 2.39 bits per heavy atom. The van der Waals surface area contributed by atoms with Crippen LogP contribution in [0.3, 0.4) is 0 Å². The Hall–Kier alpha value is -4.12. The van der Waals surface area contributed by atoms with Crippen molar-refractivity contribution in [2.24, 2.45) is 0 Å². The highest BCUT2D eigenvalue weighted by molar-refractivity contribution is 9.08. The van der Waals surface area contributed by atoms with Crippen LogP contribution in [0.25, 0.3) is 5.69 Å². The summed E-state index contributed by atoms with van der Waals surface area (Å²) in [6, 6.07) is 18.8. The summed E-state index contributed by atoms with van der Waals surface area (Å²) < 4.78 is 40.8. The van der Waals surface area contributed by atoms with Crippen molar-refractivity contribution in [3.05, 3.63) is 101 Å². The first-order valence-electron chi connectivity index (χ1n) is 13.1. The van der Waals surface area contributed by atoms with E-state index in [-0.39, 0.29) is 23.0 Å². The molecule has 7 nitrogen and oxygen atoms in total. The minimum absolute atomic E-state index is 0.151. The molecule has 2 heterocycles. The topological polar surface area (TPSA) is 79.3 Å². The number of piperidine rings is 1. The highest BCUT2D eigenvalue weighted by Gasteiger charge is 2.30. The summed E-state index contributed by atoms with van der Waals surface area (Å²) in [6.07, 6.45) is 0.235. The van der Waals surface area contributed by atoms with Gasteiger partial charge in [0.2, 0.25) is 0 Å². The summed E-state index contributed by atoms with van der Waals surface area (Å²) in [4.78, 5) is 28.8. The minimum atomic E-state index is -4.49. The van der Waals surface area contributed by atoms with Gasteiger partial charge in [-0.05, 0) is 73.4 Å². The molecule has 41 heavy (non-hydrogen) atoms. The van der Waals surface area contributed by atoms with Gasteiger partial charge in [0.1, 0.15) is 0 Å². The zero-order valence-electron chi connectivity index (χ0n) is 21.9. The second-order valence-corrected chi connectivity index (χ2v) is 10.3. The van der Waals surface area contributed by atoms with Gasteiger partial charge in [0.25, 0.3) is 11.8 Å². The lowest BCUT2D eigenvalue weighted by Crippen LogP contribution is -2.29. The van der Waals surface area contributed by atoms with Crippen molar-refractivity contribution in [2.45, 2.75) is 30.8 Å². The smallest absolute Gasteiger partial charge is 0.372 e. The maximum atomic E-state index is 13.5. The standard InChI is InChI=1S/C30H27BrF3N5O2/c31-19-20-6-4-7-21(16-20)28(40)35-26-11-10-23(38-13-2-1-3-14-38)18-25(26)29(41)36-27-12-15-39(37-27)24-9-5-8-22(17-24)30(32,33)34/h4-12,15-18H,1-3,13-14,19H2,(H,35,40)(H,36,37,41). The van der Waals surface area contributed by atoms with Crippen LogP contribution >= 0.6 is 15.9 Å². The average Bonchev–Trinajstić information content (AvgIpc) is 3.46. The quantitative estimate of drug-likeness (QED) is 0.212.